The third-order valence-electron chi connectivity index (χ3n) is 2.10. The van der Waals surface area contributed by atoms with Crippen LogP contribution in [0.3, 0.4) is 0 Å². The minimum Gasteiger partial charge on any atom is -0.508 e. The molecule has 0 fully saturated rings. The predicted octanol–water partition coefficient (Wildman–Crippen LogP) is -0.737. The smallest absolute Gasteiger partial charge is 0.326 e. The van der Waals surface area contributed by atoms with E-state index < -0.39 is 17.9 Å². The van der Waals surface area contributed by atoms with Crippen LogP contribution in [-0.4, -0.2) is 34.7 Å². The molecule has 5 N–H and O–H groups in total. The van der Waals surface area contributed by atoms with Crippen molar-refractivity contribution in [2.45, 2.75) is 12.5 Å². The summed E-state index contributed by atoms with van der Waals surface area (Å²) in [4.78, 5) is 21.9. The van der Waals surface area contributed by atoms with E-state index in [1.54, 1.807) is 6.07 Å². The van der Waals surface area contributed by atoms with Crippen molar-refractivity contribution >= 4 is 11.9 Å². The molecule has 0 bridgehead atoms. The van der Waals surface area contributed by atoms with Crippen LogP contribution in [0.2, 0.25) is 0 Å². The number of aliphatic carboxylic acids is 1. The van der Waals surface area contributed by atoms with E-state index in [4.69, 9.17) is 15.9 Å². The first-order valence-corrected chi connectivity index (χ1v) is 4.94. The maximum absolute atomic E-state index is 11.0. The highest BCUT2D eigenvalue weighted by molar-refractivity contribution is 5.84. The van der Waals surface area contributed by atoms with E-state index in [0.29, 0.717) is 5.56 Å². The molecule has 0 heterocycles. The van der Waals surface area contributed by atoms with Gasteiger partial charge in [-0.1, -0.05) is 6.07 Å². The third-order valence-corrected chi connectivity index (χ3v) is 2.10. The van der Waals surface area contributed by atoms with Gasteiger partial charge in [-0.3, -0.25) is 4.79 Å². The second-order valence-corrected chi connectivity index (χ2v) is 3.44. The summed E-state index contributed by atoms with van der Waals surface area (Å²) in [7, 11) is 0. The predicted molar refractivity (Wildman–Crippen MR) is 59.3 cm³/mol. The number of nitrogens with one attached hydrogen (secondary N) is 1. The number of aromatic hydroxyl groups is 1. The maximum atomic E-state index is 11.0. The fourth-order valence-corrected chi connectivity index (χ4v) is 1.25. The van der Waals surface area contributed by atoms with Gasteiger partial charge in [-0.15, -0.1) is 0 Å². The van der Waals surface area contributed by atoms with Gasteiger partial charge >= 0.3 is 5.97 Å². The zero-order chi connectivity index (χ0) is 12.8. The molecule has 0 saturated heterocycles. The van der Waals surface area contributed by atoms with E-state index in [2.05, 4.69) is 11.4 Å². The number of hydrogen-bond acceptors (Lipinski definition) is 4. The molecule has 17 heavy (non-hydrogen) atoms. The molecule has 1 rings (SSSR count). The number of phenols is 1. The number of carbonyl (C=O) groups is 2. The monoisotopic (exact) mass is 237 g/mol. The Hall–Kier alpha value is -2.08. The van der Waals surface area contributed by atoms with E-state index in [1.807, 2.05) is 0 Å². The Kier molecular flexibility index (Phi) is 4.47. The van der Waals surface area contributed by atoms with E-state index in [-0.39, 0.29) is 18.7 Å². The molecule has 1 amide bonds. The summed E-state index contributed by atoms with van der Waals surface area (Å²) < 4.78 is 0. The van der Waals surface area contributed by atoms with Crippen LogP contribution in [0.1, 0.15) is 5.56 Å². The summed E-state index contributed by atoms with van der Waals surface area (Å²) >= 11 is 0. The summed E-state index contributed by atoms with van der Waals surface area (Å²) in [5.41, 5.74) is 5.66. The average molecular weight is 237 g/mol. The zero-order valence-electron chi connectivity index (χ0n) is 9.01. The minimum atomic E-state index is -1.15. The molecule has 1 atom stereocenters. The SMILES string of the molecule is NCC(=O)NC(Cc1[c]cc(O)cc1)C(=O)O. The maximum Gasteiger partial charge on any atom is 0.326 e. The molecule has 0 aromatic heterocycles. The molecule has 1 unspecified atom stereocenters. The van der Waals surface area contributed by atoms with Crippen molar-refractivity contribution in [3.05, 3.63) is 29.8 Å². The Bertz CT molecular complexity index is 402. The number of nitrogens with two attached hydrogens (primary N) is 1. The van der Waals surface area contributed by atoms with Crippen LogP contribution in [0, 0.1) is 6.07 Å². The molecule has 0 saturated carbocycles. The van der Waals surface area contributed by atoms with Gasteiger partial charge in [0.15, 0.2) is 0 Å². The van der Waals surface area contributed by atoms with Gasteiger partial charge in [0.1, 0.15) is 11.8 Å². The largest absolute Gasteiger partial charge is 0.508 e. The van der Waals surface area contributed by atoms with Crippen LogP contribution < -0.4 is 11.1 Å². The van der Waals surface area contributed by atoms with Gasteiger partial charge in [0, 0.05) is 6.42 Å². The minimum absolute atomic E-state index is 0.0478. The van der Waals surface area contributed by atoms with Gasteiger partial charge in [0.05, 0.1) is 6.54 Å². The number of hydrogen-bond donors (Lipinski definition) is 4. The quantitative estimate of drug-likeness (QED) is 0.539. The normalized spacial score (nSPS) is 11.8. The highest BCUT2D eigenvalue weighted by atomic mass is 16.4. The average Bonchev–Trinajstić information content (AvgIpc) is 2.30. The molecule has 0 spiro atoms. The Morgan fingerprint density at radius 1 is 1.47 bits per heavy atom. The summed E-state index contributed by atoms with van der Waals surface area (Å²) in [6, 6.07) is 5.97. The molecule has 0 aliphatic heterocycles. The molecular weight excluding hydrogens is 224 g/mol. The van der Waals surface area contributed by atoms with E-state index in [9.17, 15) is 9.59 Å². The molecule has 0 aliphatic carbocycles. The molecule has 91 valence electrons. The highest BCUT2D eigenvalue weighted by Gasteiger charge is 2.19. The van der Waals surface area contributed by atoms with Crippen LogP contribution >= 0.6 is 0 Å². The standard InChI is InChI=1S/C11H13N2O4/c12-6-10(15)13-9(11(16)17)5-7-1-3-8(14)4-2-7/h1,3-4,9,14H,5-6,12H2,(H,13,15)(H,16,17). The second-order valence-electron chi connectivity index (χ2n) is 3.44. The van der Waals surface area contributed by atoms with Gasteiger partial charge in [-0.25, -0.2) is 4.79 Å². The number of benzene rings is 1. The molecular formula is C11H13N2O4. The van der Waals surface area contributed by atoms with Gasteiger partial charge < -0.3 is 21.3 Å². The van der Waals surface area contributed by atoms with E-state index in [1.165, 1.54) is 12.1 Å². The van der Waals surface area contributed by atoms with Gasteiger partial charge in [-0.2, -0.15) is 0 Å². The first-order chi connectivity index (χ1) is 8.02. The lowest BCUT2D eigenvalue weighted by Gasteiger charge is -2.13. The van der Waals surface area contributed by atoms with E-state index in [0.717, 1.165) is 0 Å². The Morgan fingerprint density at radius 3 is 2.65 bits per heavy atom. The van der Waals surface area contributed by atoms with Gasteiger partial charge in [-0.05, 0) is 23.8 Å². The van der Waals surface area contributed by atoms with Crippen molar-refractivity contribution in [3.63, 3.8) is 0 Å². The summed E-state index contributed by atoms with van der Waals surface area (Å²) in [6.07, 6.45) is 0.0847. The van der Waals surface area contributed by atoms with Crippen molar-refractivity contribution in [3.8, 4) is 5.75 Å². The summed E-state index contributed by atoms with van der Waals surface area (Å²) in [6.45, 7) is -0.261. The molecule has 6 nitrogen and oxygen atoms in total. The number of rotatable bonds is 5. The Balaban J connectivity index is 2.70. The zero-order valence-corrected chi connectivity index (χ0v) is 9.01. The lowest BCUT2D eigenvalue weighted by Crippen LogP contribution is -2.44. The van der Waals surface area contributed by atoms with E-state index >= 15 is 0 Å². The number of amides is 1. The second kappa shape index (κ2) is 5.86. The number of carboxylic acids is 1. The fraction of sp³-hybridized carbons (Fsp3) is 0.273. The molecule has 0 aliphatic rings. The number of carboxylic acid groups (broad SMARTS) is 1. The molecule has 1 radical (unpaired) electrons. The Labute approximate surface area is 98.1 Å². The van der Waals surface area contributed by atoms with Gasteiger partial charge in [0.25, 0.3) is 0 Å². The van der Waals surface area contributed by atoms with Crippen molar-refractivity contribution in [1.29, 1.82) is 0 Å². The summed E-state index contributed by atoms with van der Waals surface area (Å²) in [5, 5.41) is 20.2. The third kappa shape index (κ3) is 4.12. The van der Waals surface area contributed by atoms with Crippen LogP contribution in [-0.2, 0) is 16.0 Å². The molecule has 1 aromatic rings. The highest BCUT2D eigenvalue weighted by Crippen LogP contribution is 2.10. The first kappa shape index (κ1) is 13.0. The van der Waals surface area contributed by atoms with Crippen molar-refractivity contribution in [2.75, 3.05) is 6.54 Å². The van der Waals surface area contributed by atoms with Gasteiger partial charge in [0.2, 0.25) is 5.91 Å². The molecule has 6 heteroatoms. The van der Waals surface area contributed by atoms with Crippen molar-refractivity contribution in [1.82, 2.24) is 5.32 Å². The van der Waals surface area contributed by atoms with Crippen molar-refractivity contribution in [2.24, 2.45) is 5.73 Å². The molecule has 1 aromatic carbocycles. The topological polar surface area (TPSA) is 113 Å². The first-order valence-electron chi connectivity index (χ1n) is 4.94. The van der Waals surface area contributed by atoms with Crippen LogP contribution in [0.5, 0.6) is 5.75 Å². The van der Waals surface area contributed by atoms with Crippen LogP contribution in [0.15, 0.2) is 18.2 Å². The lowest BCUT2D eigenvalue weighted by molar-refractivity contribution is -0.141. The lowest BCUT2D eigenvalue weighted by atomic mass is 10.1. The number of phenolic OH excluding ortho intramolecular Hbond substituents is 1. The van der Waals surface area contributed by atoms with Crippen molar-refractivity contribution < 1.29 is 19.8 Å². The Morgan fingerprint density at radius 2 is 2.18 bits per heavy atom. The fourth-order valence-electron chi connectivity index (χ4n) is 1.25. The van der Waals surface area contributed by atoms with Crippen LogP contribution in [0.25, 0.3) is 0 Å². The van der Waals surface area contributed by atoms with Crippen LogP contribution in [0.4, 0.5) is 0 Å². The number of carbonyl (C=O) groups excluding carboxylic acids is 1. The summed E-state index contributed by atoms with van der Waals surface area (Å²) in [5.74, 6) is -1.63.